The van der Waals surface area contributed by atoms with Gasteiger partial charge in [0.1, 0.15) is 12.0 Å². The number of nitrogens with two attached hydrogens (primary N) is 1. The van der Waals surface area contributed by atoms with Gasteiger partial charge in [0.15, 0.2) is 19.2 Å². The molecule has 9 heteroatoms. The second-order valence-electron chi connectivity index (χ2n) is 4.79. The molecular formula is C9H12N5O3P. The average Bonchev–Trinajstić information content (AvgIpc) is 2.74. The van der Waals surface area contributed by atoms with E-state index in [1.165, 1.54) is 6.33 Å². The lowest BCUT2D eigenvalue weighted by Gasteiger charge is -2.42. The molecule has 0 spiro atoms. The number of nitrogens with zero attached hydrogens (tertiary/aromatic N) is 2. The van der Waals surface area contributed by atoms with Gasteiger partial charge in [-0.1, -0.05) is 6.92 Å². The fourth-order valence-corrected chi connectivity index (χ4v) is 6.16. The van der Waals surface area contributed by atoms with Crippen LogP contribution in [0.25, 0.3) is 0 Å². The van der Waals surface area contributed by atoms with E-state index in [9.17, 15) is 9.36 Å². The Bertz CT molecular complexity index is 615. The number of ether oxygens (including phenoxy) is 1. The first-order valence-corrected chi connectivity index (χ1v) is 7.60. The highest BCUT2D eigenvalue weighted by atomic mass is 31.2. The third-order valence-electron chi connectivity index (χ3n) is 4.09. The number of anilines is 1. The lowest BCUT2D eigenvalue weighted by atomic mass is 10.2. The number of H-pyrrole nitrogens is 1. The van der Waals surface area contributed by atoms with Crippen molar-refractivity contribution in [3.05, 3.63) is 12.0 Å². The number of imidazole rings is 1. The molecule has 4 atom stereocenters. The third-order valence-corrected chi connectivity index (χ3v) is 7.74. The lowest BCUT2D eigenvalue weighted by Crippen LogP contribution is -2.64. The van der Waals surface area contributed by atoms with Crippen molar-refractivity contribution >= 4 is 18.9 Å². The maximum atomic E-state index is 12.5. The van der Waals surface area contributed by atoms with Crippen LogP contribution in [0.4, 0.5) is 5.82 Å². The summed E-state index contributed by atoms with van der Waals surface area (Å²) in [4.78, 5) is 20.2. The summed E-state index contributed by atoms with van der Waals surface area (Å²) in [5.74, 6) is 0.0978. The number of nitrogens with one attached hydrogen (secondary N) is 2. The van der Waals surface area contributed by atoms with E-state index in [2.05, 4.69) is 15.3 Å². The van der Waals surface area contributed by atoms with Crippen LogP contribution in [-0.2, 0) is 9.30 Å². The summed E-state index contributed by atoms with van der Waals surface area (Å²) in [7, 11) is -2.36. The number of amides is 1. The molecule has 3 aliphatic rings. The number of aromatic nitrogens is 2. The van der Waals surface area contributed by atoms with Crippen LogP contribution in [0.5, 0.6) is 0 Å². The van der Waals surface area contributed by atoms with Crippen molar-refractivity contribution in [1.82, 2.24) is 15.3 Å². The van der Waals surface area contributed by atoms with Crippen LogP contribution in [0.1, 0.15) is 17.4 Å². The lowest BCUT2D eigenvalue weighted by molar-refractivity contribution is 0.0392. The molecule has 0 radical (unpaired) electrons. The van der Waals surface area contributed by atoms with Crippen molar-refractivity contribution in [1.29, 1.82) is 0 Å². The molecule has 3 aliphatic heterocycles. The molecule has 2 fully saturated rings. The summed E-state index contributed by atoms with van der Waals surface area (Å²) in [5, 5.41) is 2.60. The molecule has 8 nitrogen and oxygen atoms in total. The number of rotatable bonds is 1. The Hall–Kier alpha value is -1.37. The molecule has 0 aliphatic carbocycles. The van der Waals surface area contributed by atoms with Crippen LogP contribution in [-0.4, -0.2) is 39.6 Å². The SMILES string of the molecule is CC1C2(N3c4nc[nH]c4C(=O)NC3N)OCP12=O. The monoisotopic (exact) mass is 269 g/mol. The largest absolute Gasteiger partial charge is 0.340 e. The Kier molecular flexibility index (Phi) is 1.63. The minimum Gasteiger partial charge on any atom is -0.340 e. The topological polar surface area (TPSA) is 113 Å². The molecule has 96 valence electrons. The highest BCUT2D eigenvalue weighted by molar-refractivity contribution is 7.75. The zero-order valence-electron chi connectivity index (χ0n) is 9.58. The van der Waals surface area contributed by atoms with Crippen molar-refractivity contribution in [3.8, 4) is 0 Å². The van der Waals surface area contributed by atoms with Crippen molar-refractivity contribution < 1.29 is 14.1 Å². The van der Waals surface area contributed by atoms with Gasteiger partial charge in [0.05, 0.1) is 12.0 Å². The van der Waals surface area contributed by atoms with E-state index >= 15 is 0 Å². The van der Waals surface area contributed by atoms with Gasteiger partial charge >= 0.3 is 0 Å². The Morgan fingerprint density at radius 1 is 1.72 bits per heavy atom. The first kappa shape index (κ1) is 10.5. The van der Waals surface area contributed by atoms with E-state index < -0.39 is 18.9 Å². The summed E-state index contributed by atoms with van der Waals surface area (Å²) in [5.41, 5.74) is 5.32. The molecule has 1 amide bonds. The van der Waals surface area contributed by atoms with Crippen molar-refractivity contribution in [2.45, 2.75) is 24.3 Å². The van der Waals surface area contributed by atoms with Crippen molar-refractivity contribution in [2.75, 3.05) is 11.2 Å². The number of aromatic amines is 1. The predicted molar refractivity (Wildman–Crippen MR) is 62.3 cm³/mol. The summed E-state index contributed by atoms with van der Waals surface area (Å²) in [6.45, 7) is 1.88. The van der Waals surface area contributed by atoms with E-state index in [-0.39, 0.29) is 17.9 Å². The molecule has 1 aromatic heterocycles. The maximum Gasteiger partial charge on any atom is 0.274 e. The first-order chi connectivity index (χ1) is 8.52. The molecule has 4 rings (SSSR count). The fraction of sp³-hybridized carbons (Fsp3) is 0.556. The van der Waals surface area contributed by atoms with E-state index in [1.807, 2.05) is 6.92 Å². The standard InChI is InChI=1S/C9H12N5O3P/c1-4-9(17-3-18(4,9)16)14-6-5(11-2-12-6)7(15)13-8(14)10/h2,4,8H,3,10H2,1H3,(H,11,12)(H,13,15). The zero-order chi connectivity index (χ0) is 12.7. The highest BCUT2D eigenvalue weighted by Gasteiger charge is 2.85. The van der Waals surface area contributed by atoms with Crippen LogP contribution in [0.15, 0.2) is 6.33 Å². The molecular weight excluding hydrogens is 257 g/mol. The second-order valence-corrected chi connectivity index (χ2v) is 8.06. The Morgan fingerprint density at radius 2 is 2.50 bits per heavy atom. The minimum atomic E-state index is -2.36. The smallest absolute Gasteiger partial charge is 0.274 e. The van der Waals surface area contributed by atoms with Crippen molar-refractivity contribution in [3.63, 3.8) is 0 Å². The molecule has 0 aromatic carbocycles. The highest BCUT2D eigenvalue weighted by Crippen LogP contribution is 2.90. The number of fused-ring (bicyclic) bond motifs is 2. The molecule has 4 unspecified atom stereocenters. The predicted octanol–water partition coefficient (Wildman–Crippen LogP) is -0.392. The summed E-state index contributed by atoms with van der Waals surface area (Å²) in [6.07, 6.45) is 0.931. The van der Waals surface area contributed by atoms with Crippen LogP contribution < -0.4 is 16.0 Å². The molecule has 1 aromatic rings. The number of carbonyl (C=O) groups excluding carboxylic acids is 1. The Labute approximate surface area is 102 Å². The van der Waals surface area contributed by atoms with Crippen LogP contribution in [0, 0.1) is 0 Å². The second kappa shape index (κ2) is 2.79. The molecule has 0 bridgehead atoms. The number of hydrogen-bond donors (Lipinski definition) is 3. The molecule has 0 saturated carbocycles. The van der Waals surface area contributed by atoms with Gasteiger partial charge in [0, 0.05) is 0 Å². The third kappa shape index (κ3) is 0.848. The fourth-order valence-electron chi connectivity index (χ4n) is 2.97. The van der Waals surface area contributed by atoms with Gasteiger partial charge in [-0.05, 0) is 0 Å². The van der Waals surface area contributed by atoms with Crippen LogP contribution in [0.2, 0.25) is 0 Å². The van der Waals surface area contributed by atoms with Gasteiger partial charge in [-0.3, -0.25) is 15.4 Å². The van der Waals surface area contributed by atoms with E-state index in [0.29, 0.717) is 11.5 Å². The van der Waals surface area contributed by atoms with Gasteiger partial charge in [-0.2, -0.15) is 0 Å². The molecule has 18 heavy (non-hydrogen) atoms. The van der Waals surface area contributed by atoms with Gasteiger partial charge in [0.25, 0.3) is 5.91 Å². The van der Waals surface area contributed by atoms with E-state index in [0.717, 1.165) is 0 Å². The van der Waals surface area contributed by atoms with Gasteiger partial charge in [-0.15, -0.1) is 0 Å². The number of carbonyl (C=O) groups is 1. The summed E-state index contributed by atoms with van der Waals surface area (Å²) in [6, 6.07) is 0. The van der Waals surface area contributed by atoms with Crippen molar-refractivity contribution in [2.24, 2.45) is 5.73 Å². The zero-order valence-corrected chi connectivity index (χ0v) is 10.5. The minimum absolute atomic E-state index is 0.0735. The van der Waals surface area contributed by atoms with Gasteiger partial charge in [-0.25, -0.2) is 4.98 Å². The normalized spacial score (nSPS) is 44.8. The molecule has 4 heterocycles. The van der Waals surface area contributed by atoms with E-state index in [1.54, 1.807) is 4.90 Å². The first-order valence-electron chi connectivity index (χ1n) is 5.64. The van der Waals surface area contributed by atoms with Crippen LogP contribution >= 0.6 is 7.14 Å². The van der Waals surface area contributed by atoms with Crippen LogP contribution in [0.3, 0.4) is 0 Å². The quantitative estimate of drug-likeness (QED) is 0.598. The molecule has 4 N–H and O–H groups in total. The van der Waals surface area contributed by atoms with E-state index in [4.69, 9.17) is 10.5 Å². The average molecular weight is 269 g/mol. The van der Waals surface area contributed by atoms with Gasteiger partial charge in [0.2, 0.25) is 5.47 Å². The Morgan fingerprint density at radius 3 is 3.06 bits per heavy atom. The number of hydrogen-bond acceptors (Lipinski definition) is 6. The maximum absolute atomic E-state index is 12.5. The van der Waals surface area contributed by atoms with Gasteiger partial charge < -0.3 is 19.6 Å². The summed E-state index contributed by atoms with van der Waals surface area (Å²) >= 11 is 0. The molecule has 2 saturated heterocycles. The summed E-state index contributed by atoms with van der Waals surface area (Å²) < 4.78 is 18.0. The Balaban J connectivity index is 1.86.